The van der Waals surface area contributed by atoms with Crippen molar-refractivity contribution in [2.45, 2.75) is 19.3 Å². The first-order valence-electron chi connectivity index (χ1n) is 18.0. The van der Waals surface area contributed by atoms with Crippen molar-refractivity contribution < 1.29 is 0 Å². The van der Waals surface area contributed by atoms with Crippen molar-refractivity contribution >= 4 is 32.3 Å². The summed E-state index contributed by atoms with van der Waals surface area (Å²) in [7, 11) is 0. The molecule has 0 fully saturated rings. The van der Waals surface area contributed by atoms with E-state index in [1.54, 1.807) is 0 Å². The molecule has 0 radical (unpaired) electrons. The fourth-order valence-electron chi connectivity index (χ4n) is 9.31. The Morgan fingerprint density at radius 1 is 0.294 bits per heavy atom. The quantitative estimate of drug-likeness (QED) is 0.179. The maximum atomic E-state index is 2.42. The van der Waals surface area contributed by atoms with E-state index in [9.17, 15) is 0 Å². The number of rotatable bonds is 3. The largest absolute Gasteiger partial charge is 0.0619 e. The highest BCUT2D eigenvalue weighted by Gasteiger charge is 2.35. The Morgan fingerprint density at radius 2 is 0.765 bits per heavy atom. The molecule has 0 bridgehead atoms. The van der Waals surface area contributed by atoms with Gasteiger partial charge in [0.1, 0.15) is 0 Å². The summed E-state index contributed by atoms with van der Waals surface area (Å²) in [5, 5.41) is 7.76. The van der Waals surface area contributed by atoms with Crippen LogP contribution in [0.15, 0.2) is 170 Å². The van der Waals surface area contributed by atoms with Crippen LogP contribution in [0.25, 0.3) is 99.1 Å². The summed E-state index contributed by atoms with van der Waals surface area (Å²) in [6.07, 6.45) is 0. The second kappa shape index (κ2) is 10.4. The predicted molar refractivity (Wildman–Crippen MR) is 217 cm³/mol. The third-order valence-electron chi connectivity index (χ3n) is 11.8. The summed E-state index contributed by atoms with van der Waals surface area (Å²) < 4.78 is 0. The zero-order valence-corrected chi connectivity index (χ0v) is 28.7. The summed E-state index contributed by atoms with van der Waals surface area (Å²) in [6.45, 7) is 4.70. The smallest absolute Gasteiger partial charge is 0.0159 e. The Bertz CT molecular complexity index is 2910. The second-order valence-electron chi connectivity index (χ2n) is 14.8. The molecular formula is C51H34. The lowest BCUT2D eigenvalue weighted by molar-refractivity contribution is 0.660. The molecule has 0 amide bonds. The fourth-order valence-corrected chi connectivity index (χ4v) is 9.31. The van der Waals surface area contributed by atoms with Gasteiger partial charge in [0.2, 0.25) is 0 Å². The molecule has 0 unspecified atom stereocenters. The van der Waals surface area contributed by atoms with E-state index in [1.807, 2.05) is 0 Å². The molecule has 0 aromatic heterocycles. The van der Waals surface area contributed by atoms with Crippen LogP contribution in [0.4, 0.5) is 0 Å². The standard InChI is InChI=1S/C51H34/c1-51(2)48-17-8-7-14-43(48)44-23-22-34(30-49(44)51)32-18-19-33-29-35(21-20-31(33)28-32)36-24-25-41(38-11-4-3-10-37(36)38)42-26-27-47-40-13-6-5-12-39(40)45-15-9-16-46(42)50(45)47/h3-30H,1-2H3. The minimum atomic E-state index is -0.00778. The predicted octanol–water partition coefficient (Wildman–Crippen LogP) is 14.1. The van der Waals surface area contributed by atoms with Gasteiger partial charge in [-0.05, 0) is 128 Å². The van der Waals surface area contributed by atoms with E-state index in [1.165, 1.54) is 110 Å². The van der Waals surface area contributed by atoms with Gasteiger partial charge in [0.15, 0.2) is 0 Å². The summed E-state index contributed by atoms with van der Waals surface area (Å²) in [5.74, 6) is 0. The van der Waals surface area contributed by atoms with Crippen LogP contribution in [0, 0.1) is 0 Å². The molecule has 2 aliphatic rings. The van der Waals surface area contributed by atoms with Gasteiger partial charge in [-0.1, -0.05) is 166 Å². The van der Waals surface area contributed by atoms with Gasteiger partial charge in [0.05, 0.1) is 0 Å². The summed E-state index contributed by atoms with van der Waals surface area (Å²) in [5.41, 5.74) is 18.5. The molecule has 0 nitrogen and oxygen atoms in total. The van der Waals surface area contributed by atoms with E-state index in [2.05, 4.69) is 184 Å². The van der Waals surface area contributed by atoms with Crippen molar-refractivity contribution in [1.82, 2.24) is 0 Å². The molecule has 0 heterocycles. The summed E-state index contributed by atoms with van der Waals surface area (Å²) in [4.78, 5) is 0. The highest BCUT2D eigenvalue weighted by molar-refractivity contribution is 6.20. The van der Waals surface area contributed by atoms with Gasteiger partial charge < -0.3 is 0 Å². The van der Waals surface area contributed by atoms with E-state index >= 15 is 0 Å². The molecule has 9 aromatic rings. The lowest BCUT2D eigenvalue weighted by Gasteiger charge is -2.22. The molecular weight excluding hydrogens is 613 g/mol. The molecule has 11 rings (SSSR count). The molecule has 0 N–H and O–H groups in total. The van der Waals surface area contributed by atoms with Gasteiger partial charge in [-0.3, -0.25) is 0 Å². The highest BCUT2D eigenvalue weighted by Crippen LogP contribution is 2.51. The Labute approximate surface area is 298 Å². The minimum Gasteiger partial charge on any atom is -0.0619 e. The van der Waals surface area contributed by atoms with Crippen molar-refractivity contribution in [1.29, 1.82) is 0 Å². The van der Waals surface area contributed by atoms with E-state index in [0.29, 0.717) is 0 Å². The second-order valence-corrected chi connectivity index (χ2v) is 14.8. The van der Waals surface area contributed by atoms with Crippen molar-refractivity contribution in [3.63, 3.8) is 0 Å². The van der Waals surface area contributed by atoms with Gasteiger partial charge in [-0.15, -0.1) is 0 Å². The molecule has 0 aliphatic heterocycles. The van der Waals surface area contributed by atoms with Crippen LogP contribution in [-0.2, 0) is 5.41 Å². The SMILES string of the molecule is CC1(C)c2ccccc2-c2ccc(-c3ccc4cc(-c5ccc(-c6ccc7c8c(cccc68)-c6ccccc6-7)c6ccccc56)ccc4c3)cc21. The highest BCUT2D eigenvalue weighted by atomic mass is 14.4. The number of hydrogen-bond acceptors (Lipinski definition) is 0. The first-order valence-corrected chi connectivity index (χ1v) is 18.0. The van der Waals surface area contributed by atoms with Crippen LogP contribution < -0.4 is 0 Å². The van der Waals surface area contributed by atoms with Gasteiger partial charge >= 0.3 is 0 Å². The molecule has 9 aromatic carbocycles. The number of hydrogen-bond donors (Lipinski definition) is 0. The Balaban J connectivity index is 0.991. The van der Waals surface area contributed by atoms with Gasteiger partial charge in [0, 0.05) is 5.41 Å². The normalized spacial score (nSPS) is 13.5. The zero-order chi connectivity index (χ0) is 33.8. The summed E-state index contributed by atoms with van der Waals surface area (Å²) in [6, 6.07) is 63.6. The summed E-state index contributed by atoms with van der Waals surface area (Å²) >= 11 is 0. The molecule has 0 spiro atoms. The van der Waals surface area contributed by atoms with E-state index in [4.69, 9.17) is 0 Å². The zero-order valence-electron chi connectivity index (χ0n) is 28.7. The molecule has 238 valence electrons. The Hall–Kier alpha value is -6.24. The maximum Gasteiger partial charge on any atom is 0.0159 e. The van der Waals surface area contributed by atoms with Crippen molar-refractivity contribution in [2.75, 3.05) is 0 Å². The van der Waals surface area contributed by atoms with E-state index in [0.717, 1.165) is 0 Å². The van der Waals surface area contributed by atoms with Crippen LogP contribution in [-0.4, -0.2) is 0 Å². The van der Waals surface area contributed by atoms with Crippen LogP contribution in [0.3, 0.4) is 0 Å². The van der Waals surface area contributed by atoms with Crippen LogP contribution in [0.1, 0.15) is 25.0 Å². The fraction of sp³-hybridized carbons (Fsp3) is 0.0588. The number of benzene rings is 9. The van der Waals surface area contributed by atoms with Crippen molar-refractivity contribution in [3.05, 3.63) is 181 Å². The lowest BCUT2D eigenvalue weighted by Crippen LogP contribution is -2.14. The average Bonchev–Trinajstić information content (AvgIpc) is 3.63. The Kier molecular flexibility index (Phi) is 5.82. The molecule has 2 aliphatic carbocycles. The molecule has 0 saturated heterocycles. The van der Waals surface area contributed by atoms with Crippen molar-refractivity contribution in [2.24, 2.45) is 0 Å². The average molecular weight is 647 g/mol. The van der Waals surface area contributed by atoms with Gasteiger partial charge in [0.25, 0.3) is 0 Å². The third kappa shape index (κ3) is 4.02. The van der Waals surface area contributed by atoms with E-state index < -0.39 is 0 Å². The molecule has 0 heteroatoms. The van der Waals surface area contributed by atoms with E-state index in [-0.39, 0.29) is 5.41 Å². The number of fused-ring (bicyclic) bond motifs is 8. The molecule has 51 heavy (non-hydrogen) atoms. The third-order valence-corrected chi connectivity index (χ3v) is 11.8. The van der Waals surface area contributed by atoms with Crippen molar-refractivity contribution in [3.8, 4) is 66.8 Å². The Morgan fingerprint density at radius 3 is 1.55 bits per heavy atom. The first kappa shape index (κ1) is 28.6. The van der Waals surface area contributed by atoms with Gasteiger partial charge in [-0.2, -0.15) is 0 Å². The minimum absolute atomic E-state index is 0.00778. The van der Waals surface area contributed by atoms with Crippen LogP contribution in [0.5, 0.6) is 0 Å². The monoisotopic (exact) mass is 646 g/mol. The molecule has 0 atom stereocenters. The molecule has 0 saturated carbocycles. The first-order chi connectivity index (χ1) is 25.0. The van der Waals surface area contributed by atoms with Crippen LogP contribution >= 0.6 is 0 Å². The lowest BCUT2D eigenvalue weighted by atomic mass is 9.81. The maximum absolute atomic E-state index is 2.42. The topological polar surface area (TPSA) is 0 Å². The van der Waals surface area contributed by atoms with Crippen LogP contribution in [0.2, 0.25) is 0 Å². The van der Waals surface area contributed by atoms with Gasteiger partial charge in [-0.25, -0.2) is 0 Å².